The van der Waals surface area contributed by atoms with Crippen LogP contribution in [0.3, 0.4) is 0 Å². The molecule has 3 aromatic carbocycles. The van der Waals surface area contributed by atoms with Gasteiger partial charge < -0.3 is 0 Å². The number of carbonyl (C=O) groups is 1. The Balaban J connectivity index is 1.91. The molecule has 0 heterocycles. The van der Waals surface area contributed by atoms with Gasteiger partial charge in [0.15, 0.2) is 5.78 Å². The zero-order valence-corrected chi connectivity index (χ0v) is 12.5. The molecule has 0 atom stereocenters. The van der Waals surface area contributed by atoms with Gasteiger partial charge >= 0.3 is 6.18 Å². The van der Waals surface area contributed by atoms with Gasteiger partial charge in [-0.3, -0.25) is 4.79 Å². The minimum Gasteiger partial charge on any atom is -0.289 e. The molecule has 0 saturated heterocycles. The van der Waals surface area contributed by atoms with E-state index in [1.807, 2.05) is 36.4 Å². The first-order valence-corrected chi connectivity index (χ1v) is 7.32. The van der Waals surface area contributed by atoms with Crippen LogP contribution in [0.2, 0.25) is 0 Å². The quantitative estimate of drug-likeness (QED) is 0.572. The molecule has 3 rings (SSSR count). The third kappa shape index (κ3) is 3.38. The van der Waals surface area contributed by atoms with E-state index in [1.54, 1.807) is 18.2 Å². The number of hydrogen-bond acceptors (Lipinski definition) is 1. The topological polar surface area (TPSA) is 17.1 Å². The molecule has 0 unspecified atom stereocenters. The van der Waals surface area contributed by atoms with Gasteiger partial charge in [0.05, 0.1) is 5.56 Å². The van der Waals surface area contributed by atoms with Crippen molar-refractivity contribution in [3.05, 3.63) is 95.6 Å². The van der Waals surface area contributed by atoms with Crippen LogP contribution in [-0.2, 0) is 6.18 Å². The Morgan fingerprint density at radius 3 is 1.92 bits per heavy atom. The molecular formula is C20H13F3O. The van der Waals surface area contributed by atoms with Crippen LogP contribution in [0.4, 0.5) is 13.2 Å². The first-order chi connectivity index (χ1) is 11.4. The van der Waals surface area contributed by atoms with E-state index in [4.69, 9.17) is 0 Å². The summed E-state index contributed by atoms with van der Waals surface area (Å²) >= 11 is 0. The molecule has 3 aromatic rings. The van der Waals surface area contributed by atoms with Crippen molar-refractivity contribution in [2.45, 2.75) is 6.18 Å². The third-order valence-corrected chi connectivity index (χ3v) is 3.71. The fourth-order valence-electron chi connectivity index (χ4n) is 2.45. The van der Waals surface area contributed by atoms with Gasteiger partial charge in [0.2, 0.25) is 0 Å². The largest absolute Gasteiger partial charge is 0.416 e. The number of hydrogen-bond donors (Lipinski definition) is 0. The number of rotatable bonds is 3. The molecular weight excluding hydrogens is 313 g/mol. The van der Waals surface area contributed by atoms with Crippen molar-refractivity contribution in [2.75, 3.05) is 0 Å². The summed E-state index contributed by atoms with van der Waals surface area (Å²) in [7, 11) is 0. The van der Waals surface area contributed by atoms with Crippen LogP contribution in [0.5, 0.6) is 0 Å². The highest BCUT2D eigenvalue weighted by molar-refractivity contribution is 6.09. The Labute approximate surface area is 137 Å². The zero-order valence-electron chi connectivity index (χ0n) is 12.5. The van der Waals surface area contributed by atoms with Crippen LogP contribution in [0, 0.1) is 0 Å². The Morgan fingerprint density at radius 1 is 0.667 bits per heavy atom. The van der Waals surface area contributed by atoms with Crippen molar-refractivity contribution >= 4 is 5.78 Å². The fourth-order valence-corrected chi connectivity index (χ4v) is 2.45. The number of halogens is 3. The molecule has 0 aromatic heterocycles. The van der Waals surface area contributed by atoms with E-state index >= 15 is 0 Å². The predicted molar refractivity (Wildman–Crippen MR) is 86.8 cm³/mol. The summed E-state index contributed by atoms with van der Waals surface area (Å²) in [6.45, 7) is 0. The van der Waals surface area contributed by atoms with Crippen molar-refractivity contribution in [2.24, 2.45) is 0 Å². The SMILES string of the molecule is O=C(c1ccc(C(F)(F)F)cc1)c1cccc(-c2ccccc2)c1. The van der Waals surface area contributed by atoms with Crippen molar-refractivity contribution in [1.82, 2.24) is 0 Å². The lowest BCUT2D eigenvalue weighted by atomic mass is 9.98. The maximum absolute atomic E-state index is 12.6. The summed E-state index contributed by atoms with van der Waals surface area (Å²) in [5.74, 6) is -0.304. The Kier molecular flexibility index (Phi) is 4.21. The predicted octanol–water partition coefficient (Wildman–Crippen LogP) is 5.60. The summed E-state index contributed by atoms with van der Waals surface area (Å²) in [5.41, 5.74) is 1.76. The Hall–Kier alpha value is -2.88. The van der Waals surface area contributed by atoms with Gasteiger partial charge in [-0.05, 0) is 29.3 Å². The lowest BCUT2D eigenvalue weighted by Gasteiger charge is -2.08. The highest BCUT2D eigenvalue weighted by Gasteiger charge is 2.30. The van der Waals surface area contributed by atoms with Crippen LogP contribution >= 0.6 is 0 Å². The molecule has 0 bridgehead atoms. The van der Waals surface area contributed by atoms with Crippen LogP contribution in [0.25, 0.3) is 11.1 Å². The zero-order chi connectivity index (χ0) is 17.2. The first-order valence-electron chi connectivity index (χ1n) is 7.32. The molecule has 0 N–H and O–H groups in total. The second-order valence-electron chi connectivity index (χ2n) is 5.35. The molecule has 0 amide bonds. The molecule has 120 valence electrons. The van der Waals surface area contributed by atoms with E-state index in [0.717, 1.165) is 23.3 Å². The lowest BCUT2D eigenvalue weighted by Crippen LogP contribution is -2.06. The van der Waals surface area contributed by atoms with Gasteiger partial charge in [-0.25, -0.2) is 0 Å². The maximum Gasteiger partial charge on any atom is 0.416 e. The average molecular weight is 326 g/mol. The standard InChI is InChI=1S/C20H13F3O/c21-20(22,23)18-11-9-15(10-12-18)19(24)17-8-4-7-16(13-17)14-5-2-1-3-6-14/h1-13H. The first kappa shape index (κ1) is 16.0. The van der Waals surface area contributed by atoms with Crippen molar-refractivity contribution < 1.29 is 18.0 Å². The summed E-state index contributed by atoms with van der Waals surface area (Å²) in [4.78, 5) is 12.5. The minimum absolute atomic E-state index is 0.230. The molecule has 0 aliphatic carbocycles. The monoisotopic (exact) mass is 326 g/mol. The molecule has 24 heavy (non-hydrogen) atoms. The van der Waals surface area contributed by atoms with Gasteiger partial charge in [0, 0.05) is 11.1 Å². The highest BCUT2D eigenvalue weighted by atomic mass is 19.4. The summed E-state index contributed by atoms with van der Waals surface area (Å²) < 4.78 is 37.8. The van der Waals surface area contributed by atoms with E-state index < -0.39 is 11.7 Å². The minimum atomic E-state index is -4.41. The summed E-state index contributed by atoms with van der Waals surface area (Å²) in [5, 5.41) is 0. The number of alkyl halides is 3. The van der Waals surface area contributed by atoms with Gasteiger partial charge in [-0.2, -0.15) is 13.2 Å². The van der Waals surface area contributed by atoms with Crippen molar-refractivity contribution in [1.29, 1.82) is 0 Å². The Bertz CT molecular complexity index is 850. The van der Waals surface area contributed by atoms with E-state index in [0.29, 0.717) is 5.56 Å². The molecule has 1 nitrogen and oxygen atoms in total. The second kappa shape index (κ2) is 6.32. The molecule has 0 spiro atoms. The average Bonchev–Trinajstić information content (AvgIpc) is 2.61. The van der Waals surface area contributed by atoms with E-state index in [9.17, 15) is 18.0 Å². The fraction of sp³-hybridized carbons (Fsp3) is 0.0500. The summed E-state index contributed by atoms with van der Waals surface area (Å²) in [6.07, 6.45) is -4.41. The highest BCUT2D eigenvalue weighted by Crippen LogP contribution is 2.29. The molecule has 4 heteroatoms. The molecule has 0 aliphatic heterocycles. The van der Waals surface area contributed by atoms with Crippen LogP contribution in [-0.4, -0.2) is 5.78 Å². The van der Waals surface area contributed by atoms with Crippen molar-refractivity contribution in [3.63, 3.8) is 0 Å². The van der Waals surface area contributed by atoms with Gasteiger partial charge in [0.1, 0.15) is 0 Å². The van der Waals surface area contributed by atoms with Gasteiger partial charge in [-0.1, -0.05) is 60.7 Å². The van der Waals surface area contributed by atoms with Gasteiger partial charge in [0.25, 0.3) is 0 Å². The second-order valence-corrected chi connectivity index (χ2v) is 5.35. The van der Waals surface area contributed by atoms with E-state index in [-0.39, 0.29) is 11.3 Å². The smallest absolute Gasteiger partial charge is 0.289 e. The Morgan fingerprint density at radius 2 is 1.29 bits per heavy atom. The van der Waals surface area contributed by atoms with Crippen LogP contribution < -0.4 is 0 Å². The normalized spacial score (nSPS) is 11.3. The molecule has 0 aliphatic rings. The van der Waals surface area contributed by atoms with E-state index in [1.165, 1.54) is 12.1 Å². The molecule has 0 saturated carbocycles. The summed E-state index contributed by atoms with van der Waals surface area (Å²) in [6, 6.07) is 20.9. The van der Waals surface area contributed by atoms with Gasteiger partial charge in [-0.15, -0.1) is 0 Å². The third-order valence-electron chi connectivity index (χ3n) is 3.71. The number of ketones is 1. The number of carbonyl (C=O) groups excluding carboxylic acids is 1. The van der Waals surface area contributed by atoms with E-state index in [2.05, 4.69) is 0 Å². The maximum atomic E-state index is 12.6. The van der Waals surface area contributed by atoms with Crippen LogP contribution in [0.15, 0.2) is 78.9 Å². The van der Waals surface area contributed by atoms with Crippen molar-refractivity contribution in [3.8, 4) is 11.1 Å². The van der Waals surface area contributed by atoms with Crippen LogP contribution in [0.1, 0.15) is 21.5 Å². The molecule has 0 fully saturated rings. The lowest BCUT2D eigenvalue weighted by molar-refractivity contribution is -0.137. The number of benzene rings is 3. The molecule has 0 radical (unpaired) electrons.